The van der Waals surface area contributed by atoms with Gasteiger partial charge in [-0.25, -0.2) is 0 Å². The van der Waals surface area contributed by atoms with Gasteiger partial charge in [-0.3, -0.25) is 0 Å². The van der Waals surface area contributed by atoms with Crippen LogP contribution in [0.4, 0.5) is 0 Å². The molecule has 0 unspecified atom stereocenters. The third kappa shape index (κ3) is 4.52. The zero-order chi connectivity index (χ0) is 11.3. The normalized spacial score (nSPS) is 25.4. The maximum absolute atomic E-state index is 5.45. The van der Waals surface area contributed by atoms with Crippen LogP contribution in [-0.2, 0) is 4.74 Å². The van der Waals surface area contributed by atoms with Gasteiger partial charge in [-0.15, -0.1) is 0 Å². The topological polar surface area (TPSA) is 12.5 Å². The van der Waals surface area contributed by atoms with Crippen molar-refractivity contribution < 1.29 is 4.74 Å². The van der Waals surface area contributed by atoms with Gasteiger partial charge in [0.2, 0.25) is 0 Å². The minimum Gasteiger partial charge on any atom is -0.381 e. The predicted octanol–water partition coefficient (Wildman–Crippen LogP) is 2.78. The van der Waals surface area contributed by atoms with Gasteiger partial charge in [0.1, 0.15) is 0 Å². The van der Waals surface area contributed by atoms with Crippen LogP contribution in [0.1, 0.15) is 40.0 Å². The highest BCUT2D eigenvalue weighted by Gasteiger charge is 2.36. The van der Waals surface area contributed by atoms with Crippen molar-refractivity contribution in [3.63, 3.8) is 0 Å². The van der Waals surface area contributed by atoms with E-state index in [-0.39, 0.29) is 0 Å². The van der Waals surface area contributed by atoms with E-state index in [4.69, 9.17) is 4.74 Å². The first kappa shape index (κ1) is 13.0. The lowest BCUT2D eigenvalue weighted by Crippen LogP contribution is -2.38. The molecule has 2 aliphatic rings. The summed E-state index contributed by atoms with van der Waals surface area (Å²) in [5.74, 6) is 0.833. The number of likely N-dealkylation sites (tertiary alicyclic amines) is 1. The van der Waals surface area contributed by atoms with Gasteiger partial charge in [-0.2, -0.15) is 0 Å². The van der Waals surface area contributed by atoms with Gasteiger partial charge in [0.25, 0.3) is 0 Å². The molecule has 0 aromatic carbocycles. The maximum Gasteiger partial charge on any atom is 0.0524 e. The molecule has 2 nitrogen and oxygen atoms in total. The first-order valence-corrected chi connectivity index (χ1v) is 6.30. The van der Waals surface area contributed by atoms with E-state index in [0.717, 1.165) is 19.1 Å². The van der Waals surface area contributed by atoms with Gasteiger partial charge in [-0.05, 0) is 50.7 Å². The fraction of sp³-hybridized carbons (Fsp3) is 1.00. The molecule has 0 bridgehead atoms. The van der Waals surface area contributed by atoms with Gasteiger partial charge < -0.3 is 9.64 Å². The zero-order valence-corrected chi connectivity index (χ0v) is 10.9. The molecule has 2 saturated heterocycles. The van der Waals surface area contributed by atoms with E-state index < -0.39 is 0 Å². The van der Waals surface area contributed by atoms with E-state index in [0.29, 0.717) is 5.41 Å². The fourth-order valence-corrected chi connectivity index (χ4v) is 2.14. The molecule has 0 saturated carbocycles. The molecule has 0 atom stereocenters. The molecule has 2 rings (SSSR count). The number of rotatable bonds is 0. The molecule has 2 aliphatic heterocycles. The highest BCUT2D eigenvalue weighted by atomic mass is 16.5. The Bertz CT molecular complexity index is 161. The van der Waals surface area contributed by atoms with Crippen molar-refractivity contribution >= 4 is 0 Å². The molecule has 15 heavy (non-hydrogen) atoms. The van der Waals surface area contributed by atoms with Gasteiger partial charge in [0, 0.05) is 6.61 Å². The van der Waals surface area contributed by atoms with E-state index >= 15 is 0 Å². The Hall–Kier alpha value is -0.0800. The highest BCUT2D eigenvalue weighted by molar-refractivity contribution is 4.87. The summed E-state index contributed by atoms with van der Waals surface area (Å²) >= 11 is 0. The summed E-state index contributed by atoms with van der Waals surface area (Å²) in [5.41, 5.74) is 0.590. The quantitative estimate of drug-likeness (QED) is 0.613. The van der Waals surface area contributed by atoms with Gasteiger partial charge >= 0.3 is 0 Å². The van der Waals surface area contributed by atoms with Crippen molar-refractivity contribution in [3.05, 3.63) is 0 Å². The van der Waals surface area contributed by atoms with Crippen molar-refractivity contribution in [1.82, 2.24) is 4.90 Å². The maximum atomic E-state index is 5.45. The molecule has 0 aliphatic carbocycles. The predicted molar refractivity (Wildman–Crippen MR) is 65.1 cm³/mol. The van der Waals surface area contributed by atoms with Crippen LogP contribution < -0.4 is 0 Å². The third-order valence-corrected chi connectivity index (χ3v) is 3.23. The molecule has 0 aromatic heterocycles. The van der Waals surface area contributed by atoms with Crippen LogP contribution in [0.25, 0.3) is 0 Å². The Balaban J connectivity index is 0.000000245. The molecule has 2 fully saturated rings. The van der Waals surface area contributed by atoms with Crippen molar-refractivity contribution in [1.29, 1.82) is 0 Å². The molecule has 2 heteroatoms. The van der Waals surface area contributed by atoms with Crippen molar-refractivity contribution in [3.8, 4) is 0 Å². The van der Waals surface area contributed by atoms with Crippen LogP contribution >= 0.6 is 0 Å². The molecule has 0 aromatic rings. The Morgan fingerprint density at radius 2 is 1.60 bits per heavy atom. The molecule has 2 heterocycles. The minimum atomic E-state index is 0.590. The second kappa shape index (κ2) is 5.86. The number of piperidine rings is 1. The number of hydrogen-bond acceptors (Lipinski definition) is 2. The van der Waals surface area contributed by atoms with E-state index in [9.17, 15) is 0 Å². The average Bonchev–Trinajstić information content (AvgIpc) is 2.59. The lowest BCUT2D eigenvalue weighted by molar-refractivity contribution is 0.0921. The minimum absolute atomic E-state index is 0.590. The fourth-order valence-electron chi connectivity index (χ4n) is 2.14. The second-order valence-corrected chi connectivity index (χ2v) is 5.84. The summed E-state index contributed by atoms with van der Waals surface area (Å²) in [4.78, 5) is 2.42. The van der Waals surface area contributed by atoms with Crippen LogP contribution in [0.3, 0.4) is 0 Å². The van der Waals surface area contributed by atoms with E-state index in [1.807, 2.05) is 0 Å². The van der Waals surface area contributed by atoms with Crippen LogP contribution in [0.5, 0.6) is 0 Å². The monoisotopic (exact) mass is 213 g/mol. The summed E-state index contributed by atoms with van der Waals surface area (Å²) in [5, 5.41) is 0. The Labute approximate surface area is 95.0 Å². The number of hydrogen-bond donors (Lipinski definition) is 0. The largest absolute Gasteiger partial charge is 0.381 e. The first-order chi connectivity index (χ1) is 7.04. The molecule has 1 spiro atoms. The lowest BCUT2D eigenvalue weighted by Gasteiger charge is -2.36. The van der Waals surface area contributed by atoms with Gasteiger partial charge in [0.05, 0.1) is 6.61 Å². The smallest absolute Gasteiger partial charge is 0.0524 e. The van der Waals surface area contributed by atoms with Crippen molar-refractivity contribution in [2.75, 3.05) is 33.4 Å². The van der Waals surface area contributed by atoms with Crippen LogP contribution in [0, 0.1) is 11.3 Å². The summed E-state index contributed by atoms with van der Waals surface area (Å²) in [7, 11) is 2.21. The average molecular weight is 213 g/mol. The lowest BCUT2D eigenvalue weighted by atomic mass is 9.78. The van der Waals surface area contributed by atoms with Gasteiger partial charge in [0.15, 0.2) is 0 Å². The van der Waals surface area contributed by atoms with E-state index in [1.165, 1.54) is 32.4 Å². The molecular formula is C13H27NO. The van der Waals surface area contributed by atoms with Crippen LogP contribution in [-0.4, -0.2) is 38.3 Å². The summed E-state index contributed by atoms with van der Waals surface area (Å²) < 4.78 is 5.45. The molecule has 90 valence electrons. The molecular weight excluding hydrogens is 186 g/mol. The van der Waals surface area contributed by atoms with Crippen molar-refractivity contribution in [2.45, 2.75) is 40.0 Å². The number of nitrogens with zero attached hydrogens (tertiary/aromatic N) is 1. The van der Waals surface area contributed by atoms with Crippen LogP contribution in [0.2, 0.25) is 0 Å². The summed E-state index contributed by atoms with van der Waals surface area (Å²) in [6, 6.07) is 0. The summed E-state index contributed by atoms with van der Waals surface area (Å²) in [6.07, 6.45) is 4.01. The Kier molecular flexibility index (Phi) is 5.07. The SMILES string of the molecule is CC(C)C.CN1CCC2(CCOC2)CC1. The van der Waals surface area contributed by atoms with Crippen LogP contribution in [0.15, 0.2) is 0 Å². The highest BCUT2D eigenvalue weighted by Crippen LogP contribution is 2.38. The standard InChI is InChI=1S/C9H17NO.C4H10/c1-10-5-2-9(3-6-10)4-7-11-8-9;1-4(2)3/h2-8H2,1H3;4H,1-3H3. The Morgan fingerprint density at radius 1 is 1.07 bits per heavy atom. The first-order valence-electron chi connectivity index (χ1n) is 6.30. The Morgan fingerprint density at radius 3 is 2.00 bits per heavy atom. The zero-order valence-electron chi connectivity index (χ0n) is 10.9. The van der Waals surface area contributed by atoms with Crippen molar-refractivity contribution in [2.24, 2.45) is 11.3 Å². The third-order valence-electron chi connectivity index (χ3n) is 3.23. The summed E-state index contributed by atoms with van der Waals surface area (Å²) in [6.45, 7) is 11.1. The van der Waals surface area contributed by atoms with E-state index in [1.54, 1.807) is 0 Å². The van der Waals surface area contributed by atoms with E-state index in [2.05, 4.69) is 32.7 Å². The second-order valence-electron chi connectivity index (χ2n) is 5.84. The molecule has 0 amide bonds. The van der Waals surface area contributed by atoms with Gasteiger partial charge in [-0.1, -0.05) is 20.8 Å². The molecule has 0 N–H and O–H groups in total. The molecule has 0 radical (unpaired) electrons. The number of ether oxygens (including phenoxy) is 1.